The molecule has 2 heterocycles. The number of carbonyl (C=O) groups is 1. The summed E-state index contributed by atoms with van der Waals surface area (Å²) < 4.78 is 9.34. The van der Waals surface area contributed by atoms with Crippen LogP contribution in [0.5, 0.6) is 0 Å². The van der Waals surface area contributed by atoms with Gasteiger partial charge in [-0.05, 0) is 6.92 Å². The van der Waals surface area contributed by atoms with Crippen LogP contribution < -0.4 is 4.90 Å². The van der Waals surface area contributed by atoms with Gasteiger partial charge in [0.1, 0.15) is 6.10 Å². The molecule has 2 rings (SSSR count). The van der Waals surface area contributed by atoms with E-state index in [2.05, 4.69) is 9.36 Å². The van der Waals surface area contributed by atoms with Crippen molar-refractivity contribution in [2.24, 2.45) is 0 Å². The molecule has 1 unspecified atom stereocenters. The van der Waals surface area contributed by atoms with Gasteiger partial charge < -0.3 is 9.64 Å². The molecule has 1 aromatic rings. The van der Waals surface area contributed by atoms with E-state index in [0.717, 1.165) is 11.7 Å². The number of carbonyl (C=O) groups excluding carboxylic acids is 1. The third-order valence-electron chi connectivity index (χ3n) is 2.45. The van der Waals surface area contributed by atoms with Gasteiger partial charge in [-0.25, -0.2) is 4.98 Å². The molecule has 0 amide bonds. The Balaban J connectivity index is 2.10. The van der Waals surface area contributed by atoms with Crippen molar-refractivity contribution in [2.45, 2.75) is 19.4 Å². The number of ether oxygens (including phenoxy) is 1. The number of anilines is 1. The largest absolute Gasteiger partial charge is 0.374 e. The van der Waals surface area contributed by atoms with E-state index in [1.54, 1.807) is 7.11 Å². The first-order valence-electron chi connectivity index (χ1n) is 4.83. The average molecular weight is 227 g/mol. The molecule has 5 nitrogen and oxygen atoms in total. The topological polar surface area (TPSA) is 55.3 Å². The van der Waals surface area contributed by atoms with Gasteiger partial charge in [0.05, 0.1) is 6.54 Å². The monoisotopic (exact) mass is 227 g/mol. The zero-order valence-electron chi connectivity index (χ0n) is 8.77. The fraction of sp³-hybridized carbons (Fsp3) is 0.667. The van der Waals surface area contributed by atoms with E-state index < -0.39 is 0 Å². The van der Waals surface area contributed by atoms with Crippen molar-refractivity contribution in [3.05, 3.63) is 5.82 Å². The van der Waals surface area contributed by atoms with Crippen LogP contribution in [0.25, 0.3) is 0 Å². The molecular formula is C9H13N3O2S. The summed E-state index contributed by atoms with van der Waals surface area (Å²) in [5.41, 5.74) is 0. The summed E-state index contributed by atoms with van der Waals surface area (Å²) in [6.45, 7) is 3.13. The second-order valence-corrected chi connectivity index (χ2v) is 4.25. The van der Waals surface area contributed by atoms with Gasteiger partial charge in [0.2, 0.25) is 5.13 Å². The smallest absolute Gasteiger partial charge is 0.205 e. The number of hydrogen-bond donors (Lipinski definition) is 0. The molecule has 0 spiro atoms. The minimum Gasteiger partial charge on any atom is -0.374 e. The predicted octanol–water partition coefficient (Wildman–Crippen LogP) is 1.02. The first-order valence-corrected chi connectivity index (χ1v) is 5.61. The van der Waals surface area contributed by atoms with Crippen LogP contribution in [0.2, 0.25) is 0 Å². The third-order valence-corrected chi connectivity index (χ3v) is 3.24. The van der Waals surface area contributed by atoms with Crippen molar-refractivity contribution in [1.82, 2.24) is 9.36 Å². The molecule has 6 heteroatoms. The van der Waals surface area contributed by atoms with Gasteiger partial charge in [-0.2, -0.15) is 4.37 Å². The van der Waals surface area contributed by atoms with Crippen LogP contribution in [0.1, 0.15) is 25.3 Å². The summed E-state index contributed by atoms with van der Waals surface area (Å²) >= 11 is 1.33. The molecule has 0 aliphatic carbocycles. The summed E-state index contributed by atoms with van der Waals surface area (Å²) in [6, 6.07) is 0. The van der Waals surface area contributed by atoms with Crippen LogP contribution in [0.15, 0.2) is 0 Å². The number of aromatic nitrogens is 2. The van der Waals surface area contributed by atoms with Crippen molar-refractivity contribution in [3.8, 4) is 0 Å². The minimum absolute atomic E-state index is 0.0895. The van der Waals surface area contributed by atoms with Crippen molar-refractivity contribution >= 4 is 22.4 Å². The van der Waals surface area contributed by atoms with Gasteiger partial charge in [-0.15, -0.1) is 0 Å². The molecule has 0 radical (unpaired) electrons. The Morgan fingerprint density at radius 2 is 2.40 bits per heavy atom. The Labute approximate surface area is 92.2 Å². The van der Waals surface area contributed by atoms with Crippen molar-refractivity contribution < 1.29 is 9.53 Å². The molecule has 0 saturated carbocycles. The molecule has 0 bridgehead atoms. The van der Waals surface area contributed by atoms with Crippen LogP contribution in [0.4, 0.5) is 5.13 Å². The SMILES string of the molecule is COC(C)c1nsc(N2CCC(=O)C2)n1. The molecule has 1 aliphatic rings. The van der Waals surface area contributed by atoms with E-state index in [4.69, 9.17) is 4.74 Å². The maximum Gasteiger partial charge on any atom is 0.205 e. The minimum atomic E-state index is -0.0895. The lowest BCUT2D eigenvalue weighted by molar-refractivity contribution is -0.116. The van der Waals surface area contributed by atoms with Gasteiger partial charge in [0.15, 0.2) is 11.6 Å². The number of ketones is 1. The highest BCUT2D eigenvalue weighted by atomic mass is 32.1. The molecule has 1 aromatic heterocycles. The highest BCUT2D eigenvalue weighted by molar-refractivity contribution is 7.09. The summed E-state index contributed by atoms with van der Waals surface area (Å²) in [6.07, 6.45) is 0.530. The Morgan fingerprint density at radius 1 is 1.60 bits per heavy atom. The molecule has 1 fully saturated rings. The van der Waals surface area contributed by atoms with Crippen molar-refractivity contribution in [3.63, 3.8) is 0 Å². The van der Waals surface area contributed by atoms with Gasteiger partial charge in [-0.3, -0.25) is 4.79 Å². The van der Waals surface area contributed by atoms with Crippen LogP contribution >= 0.6 is 11.5 Å². The standard InChI is InChI=1S/C9H13N3O2S/c1-6(14-2)8-10-9(15-11-8)12-4-3-7(13)5-12/h6H,3-5H2,1-2H3. The zero-order valence-corrected chi connectivity index (χ0v) is 9.58. The van der Waals surface area contributed by atoms with Crippen molar-refractivity contribution in [1.29, 1.82) is 0 Å². The summed E-state index contributed by atoms with van der Waals surface area (Å²) in [7, 11) is 1.63. The van der Waals surface area contributed by atoms with Gasteiger partial charge in [0, 0.05) is 31.6 Å². The molecule has 0 aromatic carbocycles. The lowest BCUT2D eigenvalue weighted by atomic mass is 10.4. The Morgan fingerprint density at radius 3 is 3.00 bits per heavy atom. The number of Topliss-reactive ketones (excluding diaryl/α,β-unsaturated/α-hetero) is 1. The van der Waals surface area contributed by atoms with Gasteiger partial charge >= 0.3 is 0 Å². The number of rotatable bonds is 3. The summed E-state index contributed by atoms with van der Waals surface area (Å²) in [4.78, 5) is 17.4. The van der Waals surface area contributed by atoms with Crippen LogP contribution in [0.3, 0.4) is 0 Å². The fourth-order valence-corrected chi connectivity index (χ4v) is 2.19. The van der Waals surface area contributed by atoms with E-state index in [-0.39, 0.29) is 11.9 Å². The number of methoxy groups -OCH3 is 1. The maximum atomic E-state index is 11.1. The van der Waals surface area contributed by atoms with Crippen LogP contribution in [0, 0.1) is 0 Å². The first-order chi connectivity index (χ1) is 7.20. The van der Waals surface area contributed by atoms with Gasteiger partial charge in [-0.1, -0.05) is 0 Å². The van der Waals surface area contributed by atoms with E-state index in [1.165, 1.54) is 11.5 Å². The van der Waals surface area contributed by atoms with E-state index in [1.807, 2.05) is 11.8 Å². The van der Waals surface area contributed by atoms with E-state index in [0.29, 0.717) is 18.8 Å². The van der Waals surface area contributed by atoms with Crippen LogP contribution in [-0.2, 0) is 9.53 Å². The van der Waals surface area contributed by atoms with Gasteiger partial charge in [0.25, 0.3) is 0 Å². The van der Waals surface area contributed by atoms with E-state index in [9.17, 15) is 4.79 Å². The van der Waals surface area contributed by atoms with Crippen LogP contribution in [-0.4, -0.2) is 35.3 Å². The molecular weight excluding hydrogens is 214 g/mol. The maximum absolute atomic E-state index is 11.1. The average Bonchev–Trinajstić information content (AvgIpc) is 2.84. The molecule has 1 saturated heterocycles. The molecule has 82 valence electrons. The zero-order chi connectivity index (χ0) is 10.8. The highest BCUT2D eigenvalue weighted by Crippen LogP contribution is 2.23. The Hall–Kier alpha value is -1.01. The first kappa shape index (κ1) is 10.5. The Kier molecular flexibility index (Phi) is 2.97. The number of hydrogen-bond acceptors (Lipinski definition) is 6. The predicted molar refractivity (Wildman–Crippen MR) is 57.2 cm³/mol. The molecule has 1 aliphatic heterocycles. The second-order valence-electron chi connectivity index (χ2n) is 3.52. The second kappa shape index (κ2) is 4.24. The molecule has 15 heavy (non-hydrogen) atoms. The summed E-state index contributed by atoms with van der Waals surface area (Å²) in [5.74, 6) is 0.961. The Bertz CT molecular complexity index is 366. The normalized spacial score (nSPS) is 18.5. The fourth-order valence-electron chi connectivity index (χ4n) is 1.42. The van der Waals surface area contributed by atoms with E-state index >= 15 is 0 Å². The highest BCUT2D eigenvalue weighted by Gasteiger charge is 2.23. The molecule has 0 N–H and O–H groups in total. The van der Waals surface area contributed by atoms with Crippen molar-refractivity contribution in [2.75, 3.05) is 25.1 Å². The molecule has 1 atom stereocenters. The number of nitrogens with zero attached hydrogens (tertiary/aromatic N) is 3. The third kappa shape index (κ3) is 2.15. The lowest BCUT2D eigenvalue weighted by Gasteiger charge is -2.10. The summed E-state index contributed by atoms with van der Waals surface area (Å²) in [5, 5.41) is 0.819. The lowest BCUT2D eigenvalue weighted by Crippen LogP contribution is -2.19. The quantitative estimate of drug-likeness (QED) is 0.771.